The first-order chi connectivity index (χ1) is 8.61. The van der Waals surface area contributed by atoms with E-state index in [9.17, 15) is 9.18 Å². The van der Waals surface area contributed by atoms with E-state index in [1.807, 2.05) is 0 Å². The first kappa shape index (κ1) is 12.2. The number of para-hydroxylation sites is 1. The maximum atomic E-state index is 13.7. The molecule has 0 saturated heterocycles. The molecule has 0 aliphatic rings. The number of pyridine rings is 1. The van der Waals surface area contributed by atoms with Crippen LogP contribution in [-0.4, -0.2) is 17.8 Å². The van der Waals surface area contributed by atoms with E-state index in [2.05, 4.69) is 4.98 Å². The van der Waals surface area contributed by atoms with Crippen LogP contribution >= 0.6 is 0 Å². The van der Waals surface area contributed by atoms with Crippen LogP contribution < -0.4 is 4.90 Å². The number of nitrogens with zero attached hydrogens (tertiary/aromatic N) is 2. The van der Waals surface area contributed by atoms with E-state index in [1.165, 1.54) is 13.0 Å². The second-order valence-corrected chi connectivity index (χ2v) is 3.94. The Bertz CT molecular complexity index is 584. The number of Topliss-reactive ketones (excluding diaryl/α,β-unsaturated/α-hetero) is 1. The lowest BCUT2D eigenvalue weighted by Gasteiger charge is -2.20. The third-order valence-electron chi connectivity index (χ3n) is 2.70. The summed E-state index contributed by atoms with van der Waals surface area (Å²) in [4.78, 5) is 17.3. The Balaban J connectivity index is 2.50. The van der Waals surface area contributed by atoms with E-state index in [0.29, 0.717) is 17.1 Å². The van der Waals surface area contributed by atoms with Crippen molar-refractivity contribution in [3.8, 4) is 0 Å². The second-order valence-electron chi connectivity index (χ2n) is 3.94. The summed E-state index contributed by atoms with van der Waals surface area (Å²) < 4.78 is 13.7. The number of hydrogen-bond acceptors (Lipinski definition) is 3. The normalized spacial score (nSPS) is 10.2. The second kappa shape index (κ2) is 4.96. The summed E-state index contributed by atoms with van der Waals surface area (Å²) in [5.41, 5.74) is 0.863. The summed E-state index contributed by atoms with van der Waals surface area (Å²) in [5.74, 6) is 0.0107. The van der Waals surface area contributed by atoms with Crippen LogP contribution in [0.4, 0.5) is 15.9 Å². The average Bonchev–Trinajstić information content (AvgIpc) is 2.38. The number of hydrogen-bond donors (Lipinski definition) is 0. The Hall–Kier alpha value is -2.23. The third-order valence-corrected chi connectivity index (χ3v) is 2.70. The molecule has 18 heavy (non-hydrogen) atoms. The minimum atomic E-state index is -0.347. The number of aromatic nitrogens is 1. The molecule has 0 fully saturated rings. The van der Waals surface area contributed by atoms with Crippen molar-refractivity contribution >= 4 is 17.3 Å². The Kier molecular flexibility index (Phi) is 3.37. The number of ketones is 1. The van der Waals surface area contributed by atoms with Gasteiger partial charge in [0.2, 0.25) is 0 Å². The molecule has 2 aromatic rings. The quantitative estimate of drug-likeness (QED) is 0.777. The van der Waals surface area contributed by atoms with Crippen molar-refractivity contribution in [1.82, 2.24) is 4.98 Å². The van der Waals surface area contributed by atoms with Crippen LogP contribution in [-0.2, 0) is 0 Å². The van der Waals surface area contributed by atoms with Gasteiger partial charge in [0.25, 0.3) is 0 Å². The zero-order valence-corrected chi connectivity index (χ0v) is 10.2. The van der Waals surface area contributed by atoms with Gasteiger partial charge in [-0.3, -0.25) is 4.79 Å². The van der Waals surface area contributed by atoms with E-state index in [4.69, 9.17) is 0 Å². The predicted molar refractivity (Wildman–Crippen MR) is 68.7 cm³/mol. The average molecular weight is 244 g/mol. The van der Waals surface area contributed by atoms with Crippen LogP contribution in [0.2, 0.25) is 0 Å². The molecular formula is C14H13FN2O. The van der Waals surface area contributed by atoms with E-state index in [-0.39, 0.29) is 11.6 Å². The monoisotopic (exact) mass is 244 g/mol. The number of carbonyl (C=O) groups excluding carboxylic acids is 1. The van der Waals surface area contributed by atoms with Gasteiger partial charge < -0.3 is 4.90 Å². The van der Waals surface area contributed by atoms with Gasteiger partial charge in [-0.1, -0.05) is 12.1 Å². The molecule has 1 aromatic carbocycles. The Morgan fingerprint density at radius 1 is 1.22 bits per heavy atom. The van der Waals surface area contributed by atoms with Gasteiger partial charge in [0.1, 0.15) is 11.6 Å². The molecule has 0 radical (unpaired) electrons. The minimum Gasteiger partial charge on any atom is -0.326 e. The van der Waals surface area contributed by atoms with Crippen molar-refractivity contribution in [3.05, 3.63) is 54.0 Å². The molecule has 0 N–H and O–H groups in total. The molecule has 0 aliphatic heterocycles. The van der Waals surface area contributed by atoms with Crippen molar-refractivity contribution in [1.29, 1.82) is 0 Å². The van der Waals surface area contributed by atoms with Crippen LogP contribution in [0.5, 0.6) is 0 Å². The predicted octanol–water partition coefficient (Wildman–Crippen LogP) is 3.19. The molecule has 4 heteroatoms. The Morgan fingerprint density at radius 2 is 1.94 bits per heavy atom. The van der Waals surface area contributed by atoms with Gasteiger partial charge in [-0.2, -0.15) is 0 Å². The fourth-order valence-corrected chi connectivity index (χ4v) is 1.78. The molecule has 0 bridgehead atoms. The number of anilines is 2. The lowest BCUT2D eigenvalue weighted by Crippen LogP contribution is -2.16. The number of carbonyl (C=O) groups is 1. The summed E-state index contributed by atoms with van der Waals surface area (Å²) in [5, 5.41) is 0. The molecule has 1 heterocycles. The maximum Gasteiger partial charge on any atom is 0.163 e. The van der Waals surface area contributed by atoms with E-state index < -0.39 is 0 Å². The summed E-state index contributed by atoms with van der Waals surface area (Å²) in [6.07, 6.45) is 1.58. The van der Waals surface area contributed by atoms with Gasteiger partial charge in [-0.15, -0.1) is 0 Å². The van der Waals surface area contributed by atoms with E-state index in [0.717, 1.165) is 0 Å². The van der Waals surface area contributed by atoms with Gasteiger partial charge in [-0.05, 0) is 31.2 Å². The van der Waals surface area contributed by atoms with Crippen molar-refractivity contribution in [2.45, 2.75) is 6.92 Å². The molecule has 0 spiro atoms. The standard InChI is InChI=1S/C14H13FN2O/c1-10(18)11-6-5-9-16-14(11)17(2)13-8-4-3-7-12(13)15/h3-9H,1-2H3. The van der Waals surface area contributed by atoms with Gasteiger partial charge in [-0.25, -0.2) is 9.37 Å². The van der Waals surface area contributed by atoms with Crippen LogP contribution in [0.15, 0.2) is 42.6 Å². The third kappa shape index (κ3) is 2.22. The van der Waals surface area contributed by atoms with Crippen molar-refractivity contribution in [3.63, 3.8) is 0 Å². The summed E-state index contributed by atoms with van der Waals surface area (Å²) in [6.45, 7) is 1.47. The highest BCUT2D eigenvalue weighted by Gasteiger charge is 2.15. The maximum absolute atomic E-state index is 13.7. The molecule has 0 saturated carbocycles. The summed E-state index contributed by atoms with van der Waals surface area (Å²) >= 11 is 0. The highest BCUT2D eigenvalue weighted by atomic mass is 19.1. The van der Waals surface area contributed by atoms with Crippen molar-refractivity contribution in [2.75, 3.05) is 11.9 Å². The highest BCUT2D eigenvalue weighted by Crippen LogP contribution is 2.27. The molecule has 0 atom stereocenters. The largest absolute Gasteiger partial charge is 0.326 e. The lowest BCUT2D eigenvalue weighted by atomic mass is 10.1. The first-order valence-corrected chi connectivity index (χ1v) is 5.55. The van der Waals surface area contributed by atoms with Gasteiger partial charge >= 0.3 is 0 Å². The smallest absolute Gasteiger partial charge is 0.163 e. The minimum absolute atomic E-state index is 0.0960. The summed E-state index contributed by atoms with van der Waals surface area (Å²) in [7, 11) is 1.69. The molecule has 1 aromatic heterocycles. The number of benzene rings is 1. The van der Waals surface area contributed by atoms with Crippen LogP contribution in [0.3, 0.4) is 0 Å². The van der Waals surface area contributed by atoms with E-state index in [1.54, 1.807) is 48.5 Å². The van der Waals surface area contributed by atoms with Gasteiger partial charge in [0.15, 0.2) is 5.78 Å². The molecule has 92 valence electrons. The lowest BCUT2D eigenvalue weighted by molar-refractivity contribution is 0.101. The van der Waals surface area contributed by atoms with E-state index >= 15 is 0 Å². The van der Waals surface area contributed by atoms with Crippen LogP contribution in [0.25, 0.3) is 0 Å². The molecule has 0 amide bonds. The molecule has 3 nitrogen and oxygen atoms in total. The SMILES string of the molecule is CC(=O)c1cccnc1N(C)c1ccccc1F. The Labute approximate surface area is 105 Å². The van der Waals surface area contributed by atoms with Gasteiger partial charge in [0.05, 0.1) is 11.3 Å². The Morgan fingerprint density at radius 3 is 2.61 bits per heavy atom. The van der Waals surface area contributed by atoms with Crippen molar-refractivity contribution < 1.29 is 9.18 Å². The molecule has 0 unspecified atom stereocenters. The fraction of sp³-hybridized carbons (Fsp3) is 0.143. The van der Waals surface area contributed by atoms with Crippen LogP contribution in [0.1, 0.15) is 17.3 Å². The number of rotatable bonds is 3. The summed E-state index contributed by atoms with van der Waals surface area (Å²) in [6, 6.07) is 9.76. The number of halogens is 1. The zero-order valence-electron chi connectivity index (χ0n) is 10.2. The topological polar surface area (TPSA) is 33.2 Å². The molecule has 0 aliphatic carbocycles. The zero-order chi connectivity index (χ0) is 13.1. The first-order valence-electron chi connectivity index (χ1n) is 5.55. The molecular weight excluding hydrogens is 231 g/mol. The fourth-order valence-electron chi connectivity index (χ4n) is 1.78. The highest BCUT2D eigenvalue weighted by molar-refractivity contribution is 5.99. The van der Waals surface area contributed by atoms with Gasteiger partial charge in [0, 0.05) is 13.2 Å². The van der Waals surface area contributed by atoms with Crippen LogP contribution in [0, 0.1) is 5.82 Å². The molecule has 2 rings (SSSR count). The van der Waals surface area contributed by atoms with Crippen molar-refractivity contribution in [2.24, 2.45) is 0 Å².